The van der Waals surface area contributed by atoms with Crippen LogP contribution >= 0.6 is 11.8 Å². The van der Waals surface area contributed by atoms with Gasteiger partial charge in [0.2, 0.25) is 5.91 Å². The molecule has 0 saturated carbocycles. The van der Waals surface area contributed by atoms with Crippen molar-refractivity contribution >= 4 is 34.7 Å². The normalized spacial score (nSPS) is 10.7. The maximum absolute atomic E-state index is 12.4. The van der Waals surface area contributed by atoms with Crippen molar-refractivity contribution in [3.8, 4) is 0 Å². The number of amides is 3. The van der Waals surface area contributed by atoms with Gasteiger partial charge in [0, 0.05) is 13.6 Å². The summed E-state index contributed by atoms with van der Waals surface area (Å²) in [6, 6.07) is -0.597. The van der Waals surface area contributed by atoms with Crippen LogP contribution in [0, 0.1) is 0 Å². The van der Waals surface area contributed by atoms with E-state index in [4.69, 9.17) is 0 Å². The highest BCUT2D eigenvalue weighted by atomic mass is 32.2. The highest BCUT2D eigenvalue weighted by Gasteiger charge is 2.16. The van der Waals surface area contributed by atoms with E-state index in [0.29, 0.717) is 22.6 Å². The van der Waals surface area contributed by atoms with Crippen molar-refractivity contribution < 1.29 is 9.59 Å². The van der Waals surface area contributed by atoms with E-state index >= 15 is 0 Å². The first-order valence-corrected chi connectivity index (χ1v) is 7.74. The third-order valence-corrected chi connectivity index (χ3v) is 3.55. The Hall–Kier alpha value is -2.36. The van der Waals surface area contributed by atoms with Gasteiger partial charge in [-0.05, 0) is 13.2 Å². The average Bonchev–Trinajstić information content (AvgIpc) is 2.79. The number of imide groups is 1. The van der Waals surface area contributed by atoms with E-state index in [0.717, 1.165) is 4.57 Å². The van der Waals surface area contributed by atoms with Gasteiger partial charge in [-0.25, -0.2) is 14.5 Å². The van der Waals surface area contributed by atoms with Crippen molar-refractivity contribution in [3.63, 3.8) is 0 Å². The van der Waals surface area contributed by atoms with Crippen LogP contribution in [0.15, 0.2) is 16.1 Å². The number of carbonyl (C=O) groups is 2. The van der Waals surface area contributed by atoms with Gasteiger partial charge >= 0.3 is 6.03 Å². The maximum atomic E-state index is 12.4. The van der Waals surface area contributed by atoms with Crippen LogP contribution in [0.1, 0.15) is 6.92 Å². The summed E-state index contributed by atoms with van der Waals surface area (Å²) in [6.45, 7) is 1.85. The van der Waals surface area contributed by atoms with E-state index in [1.165, 1.54) is 22.8 Å². The minimum atomic E-state index is -0.597. The predicted octanol–water partition coefficient (Wildman–Crippen LogP) is -0.302. The number of nitrogens with zero attached hydrogens (tertiary/aromatic N) is 4. The molecule has 0 aliphatic heterocycles. The number of urea groups is 1. The topological polar surface area (TPSA) is 111 Å². The SMILES string of the molecule is CCNC(=O)NC(=O)Cn1cnc2c(c(SC)nn2C)c1=O. The number of aryl methyl sites for hydroxylation is 1. The van der Waals surface area contributed by atoms with Crippen molar-refractivity contribution in [1.82, 2.24) is 30.0 Å². The lowest BCUT2D eigenvalue weighted by Crippen LogP contribution is -2.42. The summed E-state index contributed by atoms with van der Waals surface area (Å²) in [5.74, 6) is -0.594. The standard InChI is InChI=1S/C12H16N6O3S/c1-4-13-12(21)15-7(19)5-18-6-14-9-8(11(18)20)10(22-3)16-17(9)2/h6H,4-5H2,1-3H3,(H2,13,15,19,21). The van der Waals surface area contributed by atoms with E-state index in [1.807, 2.05) is 0 Å². The molecule has 118 valence electrons. The molecule has 9 nitrogen and oxygen atoms in total. The molecular formula is C12H16N6O3S. The molecule has 0 atom stereocenters. The molecule has 0 unspecified atom stereocenters. The molecule has 2 aromatic heterocycles. The number of aromatic nitrogens is 4. The Morgan fingerprint density at radius 3 is 2.77 bits per heavy atom. The molecule has 2 N–H and O–H groups in total. The number of thioether (sulfide) groups is 1. The van der Waals surface area contributed by atoms with Gasteiger partial charge in [0.05, 0.1) is 0 Å². The Labute approximate surface area is 130 Å². The van der Waals surface area contributed by atoms with E-state index in [2.05, 4.69) is 20.7 Å². The fraction of sp³-hybridized carbons (Fsp3) is 0.417. The number of fused-ring (bicyclic) bond motifs is 1. The zero-order valence-corrected chi connectivity index (χ0v) is 13.2. The molecule has 22 heavy (non-hydrogen) atoms. The second-order valence-electron chi connectivity index (χ2n) is 4.42. The number of rotatable bonds is 4. The number of hydrogen-bond donors (Lipinski definition) is 2. The van der Waals surface area contributed by atoms with E-state index in [1.54, 1.807) is 20.2 Å². The van der Waals surface area contributed by atoms with E-state index < -0.39 is 11.9 Å². The monoisotopic (exact) mass is 324 g/mol. The highest BCUT2D eigenvalue weighted by molar-refractivity contribution is 7.98. The fourth-order valence-electron chi connectivity index (χ4n) is 1.93. The van der Waals surface area contributed by atoms with Crippen molar-refractivity contribution in [2.24, 2.45) is 7.05 Å². The molecule has 0 bridgehead atoms. The Morgan fingerprint density at radius 1 is 1.41 bits per heavy atom. The van der Waals surface area contributed by atoms with E-state index in [9.17, 15) is 14.4 Å². The Bertz CT molecular complexity index is 781. The number of carbonyl (C=O) groups excluding carboxylic acids is 2. The van der Waals surface area contributed by atoms with Gasteiger partial charge in [-0.3, -0.25) is 19.5 Å². The first-order chi connectivity index (χ1) is 10.5. The van der Waals surface area contributed by atoms with Gasteiger partial charge in [-0.2, -0.15) is 5.10 Å². The Morgan fingerprint density at radius 2 is 2.14 bits per heavy atom. The zero-order valence-electron chi connectivity index (χ0n) is 12.4. The first-order valence-electron chi connectivity index (χ1n) is 6.51. The van der Waals surface area contributed by atoms with Crippen LogP contribution in [0.5, 0.6) is 0 Å². The van der Waals surface area contributed by atoms with E-state index in [-0.39, 0.29) is 12.1 Å². The molecule has 10 heteroatoms. The van der Waals surface area contributed by atoms with Crippen molar-refractivity contribution in [2.75, 3.05) is 12.8 Å². The summed E-state index contributed by atoms with van der Waals surface area (Å²) < 4.78 is 2.67. The molecule has 3 amide bonds. The fourth-order valence-corrected chi connectivity index (χ4v) is 2.51. The molecule has 0 saturated heterocycles. The summed E-state index contributed by atoms with van der Waals surface area (Å²) in [4.78, 5) is 39.6. The molecule has 0 aromatic carbocycles. The second-order valence-corrected chi connectivity index (χ2v) is 5.21. The van der Waals surface area contributed by atoms with Gasteiger partial charge in [0.1, 0.15) is 23.3 Å². The summed E-state index contributed by atoms with van der Waals surface area (Å²) in [6.07, 6.45) is 3.08. The van der Waals surface area contributed by atoms with Gasteiger partial charge in [-0.15, -0.1) is 11.8 Å². The lowest BCUT2D eigenvalue weighted by Gasteiger charge is -2.06. The Kier molecular flexibility index (Phi) is 4.81. The largest absolute Gasteiger partial charge is 0.338 e. The summed E-state index contributed by atoms with van der Waals surface area (Å²) in [5, 5.41) is 9.69. The second kappa shape index (κ2) is 6.60. The van der Waals surface area contributed by atoms with Gasteiger partial charge < -0.3 is 5.32 Å². The maximum Gasteiger partial charge on any atom is 0.321 e. The molecule has 2 aromatic rings. The van der Waals surface area contributed by atoms with Gasteiger partial charge in [0.15, 0.2) is 5.65 Å². The predicted molar refractivity (Wildman–Crippen MR) is 81.8 cm³/mol. The van der Waals surface area contributed by atoms with Crippen LogP contribution in [0.3, 0.4) is 0 Å². The Balaban J connectivity index is 2.29. The summed E-state index contributed by atoms with van der Waals surface area (Å²) in [5.41, 5.74) is 0.0863. The number of nitrogens with one attached hydrogen (secondary N) is 2. The molecule has 0 aliphatic rings. The quantitative estimate of drug-likeness (QED) is 0.747. The van der Waals surface area contributed by atoms with Crippen LogP contribution in [-0.4, -0.2) is 44.1 Å². The first kappa shape index (κ1) is 16.0. The lowest BCUT2D eigenvalue weighted by atomic mass is 10.4. The van der Waals surface area contributed by atoms with Crippen LogP contribution in [-0.2, 0) is 18.4 Å². The van der Waals surface area contributed by atoms with Crippen LogP contribution in [0.25, 0.3) is 11.0 Å². The van der Waals surface area contributed by atoms with Gasteiger partial charge in [-0.1, -0.05) is 0 Å². The molecule has 0 spiro atoms. The molecule has 2 rings (SSSR count). The van der Waals surface area contributed by atoms with Crippen molar-refractivity contribution in [3.05, 3.63) is 16.7 Å². The van der Waals surface area contributed by atoms with Crippen molar-refractivity contribution in [1.29, 1.82) is 0 Å². The zero-order chi connectivity index (χ0) is 16.3. The summed E-state index contributed by atoms with van der Waals surface area (Å²) >= 11 is 1.33. The van der Waals surface area contributed by atoms with Crippen molar-refractivity contribution in [2.45, 2.75) is 18.5 Å². The third-order valence-electron chi connectivity index (χ3n) is 2.88. The third kappa shape index (κ3) is 3.11. The number of hydrogen-bond acceptors (Lipinski definition) is 6. The average molecular weight is 324 g/mol. The summed E-state index contributed by atoms with van der Waals surface area (Å²) in [7, 11) is 1.70. The van der Waals surface area contributed by atoms with Crippen LogP contribution < -0.4 is 16.2 Å². The molecule has 0 fully saturated rings. The molecule has 0 aliphatic carbocycles. The molecule has 0 radical (unpaired) electrons. The van der Waals surface area contributed by atoms with Crippen LogP contribution in [0.2, 0.25) is 0 Å². The minimum Gasteiger partial charge on any atom is -0.338 e. The lowest BCUT2D eigenvalue weighted by molar-refractivity contribution is -0.120. The van der Waals surface area contributed by atoms with Gasteiger partial charge in [0.25, 0.3) is 5.56 Å². The van der Waals surface area contributed by atoms with Crippen LogP contribution in [0.4, 0.5) is 4.79 Å². The molecule has 2 heterocycles. The minimum absolute atomic E-state index is 0.290. The highest BCUT2D eigenvalue weighted by Crippen LogP contribution is 2.20. The molecular weight excluding hydrogens is 308 g/mol. The smallest absolute Gasteiger partial charge is 0.321 e.